The van der Waals surface area contributed by atoms with Crippen molar-refractivity contribution in [1.29, 1.82) is 0 Å². The molecule has 1 saturated heterocycles. The molecule has 0 aliphatic carbocycles. The zero-order valence-corrected chi connectivity index (χ0v) is 11.8. The van der Waals surface area contributed by atoms with Crippen LogP contribution in [0.4, 0.5) is 0 Å². The number of aromatic nitrogens is 1. The van der Waals surface area contributed by atoms with Crippen molar-refractivity contribution < 1.29 is 9.53 Å². The van der Waals surface area contributed by atoms with Crippen LogP contribution in [0.15, 0.2) is 0 Å². The number of nitrogens with zero attached hydrogens (tertiary/aromatic N) is 1. The van der Waals surface area contributed by atoms with E-state index in [1.165, 1.54) is 24.2 Å². The number of hydrogen-bond acceptors (Lipinski definition) is 5. The average Bonchev–Trinajstić information content (AvgIpc) is 2.72. The quantitative estimate of drug-likeness (QED) is 0.850. The van der Waals surface area contributed by atoms with Crippen LogP contribution < -0.4 is 5.32 Å². The molecule has 18 heavy (non-hydrogen) atoms. The molecule has 1 aromatic rings. The van der Waals surface area contributed by atoms with Crippen LogP contribution in [0.3, 0.4) is 0 Å². The van der Waals surface area contributed by atoms with Gasteiger partial charge in [-0.05, 0) is 45.7 Å². The van der Waals surface area contributed by atoms with E-state index >= 15 is 0 Å². The Morgan fingerprint density at radius 1 is 1.50 bits per heavy atom. The second-order valence-corrected chi connectivity index (χ2v) is 5.72. The van der Waals surface area contributed by atoms with Crippen molar-refractivity contribution in [1.82, 2.24) is 10.3 Å². The van der Waals surface area contributed by atoms with Gasteiger partial charge in [0.2, 0.25) is 0 Å². The summed E-state index contributed by atoms with van der Waals surface area (Å²) in [5.41, 5.74) is 0.808. The van der Waals surface area contributed by atoms with E-state index in [9.17, 15) is 4.79 Å². The molecule has 1 N–H and O–H groups in total. The van der Waals surface area contributed by atoms with Crippen molar-refractivity contribution in [3.8, 4) is 0 Å². The number of thiazole rings is 1. The lowest BCUT2D eigenvalue weighted by molar-refractivity contribution is 0.0531. The number of esters is 1. The Labute approximate surface area is 112 Å². The summed E-state index contributed by atoms with van der Waals surface area (Å²) in [5.74, 6) is 0.468. The Balaban J connectivity index is 2.01. The summed E-state index contributed by atoms with van der Waals surface area (Å²) >= 11 is 1.50. The summed E-state index contributed by atoms with van der Waals surface area (Å²) in [4.78, 5) is 16.9. The first-order valence-electron chi connectivity index (χ1n) is 6.54. The zero-order chi connectivity index (χ0) is 13.0. The van der Waals surface area contributed by atoms with E-state index in [0.29, 0.717) is 17.4 Å². The highest BCUT2D eigenvalue weighted by Crippen LogP contribution is 2.24. The SMILES string of the molecule is CCOC(=O)c1sc(CC2CCNCC2)nc1C. The van der Waals surface area contributed by atoms with E-state index in [1.807, 2.05) is 13.8 Å². The summed E-state index contributed by atoms with van der Waals surface area (Å²) in [5, 5.41) is 4.43. The van der Waals surface area contributed by atoms with Crippen LogP contribution in [0.1, 0.15) is 40.1 Å². The molecule has 0 saturated carbocycles. The number of nitrogens with one attached hydrogen (secondary N) is 1. The molecule has 1 aliphatic heterocycles. The lowest BCUT2D eigenvalue weighted by atomic mass is 9.95. The molecule has 0 bridgehead atoms. The number of carbonyl (C=O) groups is 1. The molecule has 100 valence electrons. The number of piperidine rings is 1. The molecular weight excluding hydrogens is 248 g/mol. The standard InChI is InChI=1S/C13H20N2O2S/c1-3-17-13(16)12-9(2)15-11(18-12)8-10-4-6-14-7-5-10/h10,14H,3-8H2,1-2H3. The number of ether oxygens (including phenoxy) is 1. The van der Waals surface area contributed by atoms with Crippen molar-refractivity contribution in [2.24, 2.45) is 5.92 Å². The number of aryl methyl sites for hydroxylation is 1. The monoisotopic (exact) mass is 268 g/mol. The Kier molecular flexibility index (Phi) is 4.72. The largest absolute Gasteiger partial charge is 0.462 e. The van der Waals surface area contributed by atoms with Crippen LogP contribution in [0, 0.1) is 12.8 Å². The average molecular weight is 268 g/mol. The van der Waals surface area contributed by atoms with Crippen LogP contribution in [-0.4, -0.2) is 30.6 Å². The van der Waals surface area contributed by atoms with Gasteiger partial charge in [0.05, 0.1) is 17.3 Å². The molecule has 2 heterocycles. The molecule has 1 aromatic heterocycles. The molecule has 0 amide bonds. The minimum atomic E-state index is -0.232. The summed E-state index contributed by atoms with van der Waals surface area (Å²) < 4.78 is 5.03. The normalized spacial score (nSPS) is 16.8. The van der Waals surface area contributed by atoms with Gasteiger partial charge in [-0.2, -0.15) is 0 Å². The van der Waals surface area contributed by atoms with Gasteiger partial charge >= 0.3 is 5.97 Å². The van der Waals surface area contributed by atoms with E-state index in [2.05, 4.69) is 10.3 Å². The molecule has 0 aromatic carbocycles. The van der Waals surface area contributed by atoms with Crippen LogP contribution in [0.25, 0.3) is 0 Å². The van der Waals surface area contributed by atoms with Gasteiger partial charge in [-0.15, -0.1) is 11.3 Å². The molecule has 0 radical (unpaired) electrons. The second kappa shape index (κ2) is 6.29. The predicted molar refractivity (Wildman–Crippen MR) is 72.1 cm³/mol. The van der Waals surface area contributed by atoms with E-state index in [0.717, 1.165) is 30.2 Å². The molecule has 1 fully saturated rings. The third kappa shape index (κ3) is 3.29. The van der Waals surface area contributed by atoms with E-state index < -0.39 is 0 Å². The fourth-order valence-corrected chi connectivity index (χ4v) is 3.33. The highest BCUT2D eigenvalue weighted by molar-refractivity contribution is 7.13. The highest BCUT2D eigenvalue weighted by Gasteiger charge is 2.19. The summed E-state index contributed by atoms with van der Waals surface area (Å²) in [6, 6.07) is 0. The number of hydrogen-bond donors (Lipinski definition) is 1. The van der Waals surface area contributed by atoms with Crippen molar-refractivity contribution in [2.75, 3.05) is 19.7 Å². The second-order valence-electron chi connectivity index (χ2n) is 4.64. The summed E-state index contributed by atoms with van der Waals surface area (Å²) in [7, 11) is 0. The van der Waals surface area contributed by atoms with Crippen molar-refractivity contribution >= 4 is 17.3 Å². The maximum atomic E-state index is 11.7. The van der Waals surface area contributed by atoms with Crippen LogP contribution >= 0.6 is 11.3 Å². The van der Waals surface area contributed by atoms with Gasteiger partial charge in [0.15, 0.2) is 0 Å². The van der Waals surface area contributed by atoms with Gasteiger partial charge in [-0.25, -0.2) is 9.78 Å². The van der Waals surface area contributed by atoms with E-state index in [1.54, 1.807) is 0 Å². The minimum absolute atomic E-state index is 0.232. The fraction of sp³-hybridized carbons (Fsp3) is 0.692. The first kappa shape index (κ1) is 13.5. The third-order valence-corrected chi connectivity index (χ3v) is 4.38. The number of rotatable bonds is 4. The summed E-state index contributed by atoms with van der Waals surface area (Å²) in [6.07, 6.45) is 3.40. The fourth-order valence-electron chi connectivity index (χ4n) is 2.26. The molecule has 4 nitrogen and oxygen atoms in total. The van der Waals surface area contributed by atoms with E-state index in [-0.39, 0.29) is 5.97 Å². The maximum Gasteiger partial charge on any atom is 0.350 e. The minimum Gasteiger partial charge on any atom is -0.462 e. The van der Waals surface area contributed by atoms with Crippen molar-refractivity contribution in [2.45, 2.75) is 33.1 Å². The topological polar surface area (TPSA) is 51.2 Å². The first-order valence-corrected chi connectivity index (χ1v) is 7.36. The maximum absolute atomic E-state index is 11.7. The lowest BCUT2D eigenvalue weighted by Crippen LogP contribution is -2.28. The Hall–Kier alpha value is -0.940. The molecule has 5 heteroatoms. The van der Waals surface area contributed by atoms with Crippen molar-refractivity contribution in [3.05, 3.63) is 15.6 Å². The Bertz CT molecular complexity index is 411. The van der Waals surface area contributed by atoms with Crippen molar-refractivity contribution in [3.63, 3.8) is 0 Å². The van der Waals surface area contributed by atoms with Gasteiger partial charge in [0, 0.05) is 6.42 Å². The Morgan fingerprint density at radius 2 is 2.22 bits per heavy atom. The van der Waals surface area contributed by atoms with Gasteiger partial charge < -0.3 is 10.1 Å². The highest BCUT2D eigenvalue weighted by atomic mass is 32.1. The predicted octanol–water partition coefficient (Wildman–Crippen LogP) is 2.17. The van der Waals surface area contributed by atoms with Gasteiger partial charge in [0.25, 0.3) is 0 Å². The smallest absolute Gasteiger partial charge is 0.350 e. The van der Waals surface area contributed by atoms with Crippen LogP contribution in [0.2, 0.25) is 0 Å². The molecular formula is C13H20N2O2S. The Morgan fingerprint density at radius 3 is 2.89 bits per heavy atom. The van der Waals surface area contributed by atoms with E-state index in [4.69, 9.17) is 4.74 Å². The van der Waals surface area contributed by atoms with Crippen LogP contribution in [0.5, 0.6) is 0 Å². The molecule has 0 unspecified atom stereocenters. The molecule has 0 spiro atoms. The molecule has 2 rings (SSSR count). The van der Waals surface area contributed by atoms with Gasteiger partial charge in [0.1, 0.15) is 4.88 Å². The third-order valence-electron chi connectivity index (χ3n) is 3.22. The molecule has 1 aliphatic rings. The van der Waals surface area contributed by atoms with Crippen LogP contribution in [-0.2, 0) is 11.2 Å². The lowest BCUT2D eigenvalue weighted by Gasteiger charge is -2.21. The summed E-state index contributed by atoms with van der Waals surface area (Å²) in [6.45, 7) is 6.32. The molecule has 0 atom stereocenters. The first-order chi connectivity index (χ1) is 8.70. The van der Waals surface area contributed by atoms with Gasteiger partial charge in [-0.3, -0.25) is 0 Å². The number of carbonyl (C=O) groups excluding carboxylic acids is 1. The van der Waals surface area contributed by atoms with Gasteiger partial charge in [-0.1, -0.05) is 0 Å². The zero-order valence-electron chi connectivity index (χ0n) is 11.0.